The first kappa shape index (κ1) is 12.1. The molecule has 0 aliphatic heterocycles. The number of rotatable bonds is 3. The van der Waals surface area contributed by atoms with Gasteiger partial charge in [-0.1, -0.05) is 18.5 Å². The van der Waals surface area contributed by atoms with Crippen molar-refractivity contribution in [3.05, 3.63) is 39.4 Å². The van der Waals surface area contributed by atoms with Crippen LogP contribution in [0.15, 0.2) is 23.0 Å². The summed E-state index contributed by atoms with van der Waals surface area (Å²) in [5.41, 5.74) is 0.493. The second-order valence-corrected chi connectivity index (χ2v) is 4.33. The number of benzene rings is 1. The van der Waals surface area contributed by atoms with Gasteiger partial charge in [0.15, 0.2) is 0 Å². The Labute approximate surface area is 104 Å². The normalized spacial score (nSPS) is 12.9. The van der Waals surface area contributed by atoms with E-state index >= 15 is 0 Å². The number of aromatic nitrogens is 2. The van der Waals surface area contributed by atoms with Gasteiger partial charge in [0, 0.05) is 5.02 Å². The average molecular weight is 252 g/mol. The van der Waals surface area contributed by atoms with Gasteiger partial charge in [-0.15, -0.1) is 0 Å². The minimum Gasteiger partial charge on any atom is -0.309 e. The Morgan fingerprint density at radius 1 is 1.53 bits per heavy atom. The van der Waals surface area contributed by atoms with Gasteiger partial charge in [-0.25, -0.2) is 4.98 Å². The Hall–Kier alpha value is -1.39. The fourth-order valence-electron chi connectivity index (χ4n) is 1.74. The highest BCUT2D eigenvalue weighted by atomic mass is 35.5. The minimum atomic E-state index is -0.133. The van der Waals surface area contributed by atoms with E-state index in [1.807, 2.05) is 13.8 Å². The summed E-state index contributed by atoms with van der Waals surface area (Å²) in [7, 11) is 0. The first-order valence-electron chi connectivity index (χ1n) is 5.54. The number of halogens is 1. The standard InChI is InChI=1S/C12H14ClN3O/c1-3-14-7(2)11-15-10-6-8(13)4-5-9(10)12(17)16-11/h4-7,14H,3H2,1-2H3,(H,15,16,17). The highest BCUT2D eigenvalue weighted by Gasteiger charge is 2.09. The maximum atomic E-state index is 11.9. The summed E-state index contributed by atoms with van der Waals surface area (Å²) in [6, 6.07) is 5.09. The number of hydrogen-bond acceptors (Lipinski definition) is 3. The summed E-state index contributed by atoms with van der Waals surface area (Å²) >= 11 is 5.90. The van der Waals surface area contributed by atoms with E-state index in [4.69, 9.17) is 11.6 Å². The molecular weight excluding hydrogens is 238 g/mol. The molecule has 0 aliphatic rings. The lowest BCUT2D eigenvalue weighted by Crippen LogP contribution is -2.23. The molecule has 0 fully saturated rings. The van der Waals surface area contributed by atoms with Gasteiger partial charge < -0.3 is 10.3 Å². The Bertz CT molecular complexity index is 594. The van der Waals surface area contributed by atoms with E-state index in [2.05, 4.69) is 15.3 Å². The van der Waals surface area contributed by atoms with E-state index in [0.29, 0.717) is 21.7 Å². The second-order valence-electron chi connectivity index (χ2n) is 3.89. The summed E-state index contributed by atoms with van der Waals surface area (Å²) in [6.07, 6.45) is 0. The van der Waals surface area contributed by atoms with Crippen LogP contribution in [0, 0.1) is 0 Å². The third-order valence-electron chi connectivity index (χ3n) is 2.61. The highest BCUT2D eigenvalue weighted by Crippen LogP contribution is 2.16. The molecule has 0 saturated heterocycles. The lowest BCUT2D eigenvalue weighted by Gasteiger charge is -2.11. The molecule has 0 saturated carbocycles. The number of hydrogen-bond donors (Lipinski definition) is 2. The van der Waals surface area contributed by atoms with Crippen molar-refractivity contribution in [3.63, 3.8) is 0 Å². The molecule has 0 aliphatic carbocycles. The number of H-pyrrole nitrogens is 1. The fraction of sp³-hybridized carbons (Fsp3) is 0.333. The van der Waals surface area contributed by atoms with Crippen LogP contribution in [-0.4, -0.2) is 16.5 Å². The van der Waals surface area contributed by atoms with Crippen molar-refractivity contribution in [1.29, 1.82) is 0 Å². The van der Waals surface area contributed by atoms with Gasteiger partial charge >= 0.3 is 0 Å². The van der Waals surface area contributed by atoms with Crippen molar-refractivity contribution in [2.24, 2.45) is 0 Å². The molecule has 1 heterocycles. The van der Waals surface area contributed by atoms with Crippen molar-refractivity contribution in [2.45, 2.75) is 19.9 Å². The number of fused-ring (bicyclic) bond motifs is 1. The molecule has 0 radical (unpaired) electrons. The molecule has 1 aromatic heterocycles. The second kappa shape index (κ2) is 4.85. The topological polar surface area (TPSA) is 57.8 Å². The first-order valence-corrected chi connectivity index (χ1v) is 5.92. The van der Waals surface area contributed by atoms with Crippen LogP contribution < -0.4 is 10.9 Å². The predicted molar refractivity (Wildman–Crippen MR) is 69.5 cm³/mol. The SMILES string of the molecule is CCNC(C)c1nc2cc(Cl)ccc2c(=O)[nH]1. The summed E-state index contributed by atoms with van der Waals surface area (Å²) in [4.78, 5) is 19.0. The Morgan fingerprint density at radius 3 is 3.00 bits per heavy atom. The van der Waals surface area contributed by atoms with Crippen LogP contribution in [0.1, 0.15) is 25.7 Å². The van der Waals surface area contributed by atoms with Gasteiger partial charge in [-0.3, -0.25) is 4.79 Å². The maximum Gasteiger partial charge on any atom is 0.258 e. The van der Waals surface area contributed by atoms with Crippen molar-refractivity contribution in [2.75, 3.05) is 6.54 Å². The van der Waals surface area contributed by atoms with Gasteiger partial charge in [0.2, 0.25) is 0 Å². The fourth-order valence-corrected chi connectivity index (χ4v) is 1.90. The number of nitrogens with one attached hydrogen (secondary N) is 2. The van der Waals surface area contributed by atoms with Crippen LogP contribution in [0.2, 0.25) is 5.02 Å². The summed E-state index contributed by atoms with van der Waals surface area (Å²) in [6.45, 7) is 4.78. The van der Waals surface area contributed by atoms with E-state index in [9.17, 15) is 4.79 Å². The Kier molecular flexibility index (Phi) is 3.45. The molecule has 1 atom stereocenters. The maximum absolute atomic E-state index is 11.9. The molecule has 1 aromatic carbocycles. The van der Waals surface area contributed by atoms with E-state index in [0.717, 1.165) is 6.54 Å². The van der Waals surface area contributed by atoms with Crippen LogP contribution >= 0.6 is 11.6 Å². The van der Waals surface area contributed by atoms with Gasteiger partial charge in [-0.05, 0) is 31.7 Å². The van der Waals surface area contributed by atoms with E-state index in [1.165, 1.54) is 0 Å². The molecule has 4 nitrogen and oxygen atoms in total. The van der Waals surface area contributed by atoms with E-state index in [1.54, 1.807) is 18.2 Å². The molecule has 5 heteroatoms. The molecule has 0 bridgehead atoms. The lowest BCUT2D eigenvalue weighted by atomic mass is 10.2. The number of aromatic amines is 1. The average Bonchev–Trinajstić information content (AvgIpc) is 2.28. The van der Waals surface area contributed by atoms with Crippen LogP contribution in [0.4, 0.5) is 0 Å². The van der Waals surface area contributed by atoms with E-state index < -0.39 is 0 Å². The van der Waals surface area contributed by atoms with Crippen molar-refractivity contribution in [3.8, 4) is 0 Å². The third kappa shape index (κ3) is 2.48. The van der Waals surface area contributed by atoms with Crippen LogP contribution in [0.5, 0.6) is 0 Å². The zero-order valence-electron chi connectivity index (χ0n) is 9.75. The van der Waals surface area contributed by atoms with Gasteiger partial charge in [0.1, 0.15) is 5.82 Å². The zero-order valence-corrected chi connectivity index (χ0v) is 10.5. The van der Waals surface area contributed by atoms with Crippen LogP contribution in [0.3, 0.4) is 0 Å². The Balaban J connectivity index is 2.57. The largest absolute Gasteiger partial charge is 0.309 e. The quantitative estimate of drug-likeness (QED) is 0.880. The van der Waals surface area contributed by atoms with Crippen molar-refractivity contribution >= 4 is 22.5 Å². The molecule has 2 N–H and O–H groups in total. The van der Waals surface area contributed by atoms with E-state index in [-0.39, 0.29) is 11.6 Å². The van der Waals surface area contributed by atoms with Gasteiger partial charge in [-0.2, -0.15) is 0 Å². The smallest absolute Gasteiger partial charge is 0.258 e. The molecule has 90 valence electrons. The molecular formula is C12H14ClN3O. The van der Waals surface area contributed by atoms with Crippen LogP contribution in [0.25, 0.3) is 10.9 Å². The van der Waals surface area contributed by atoms with Gasteiger partial charge in [0.25, 0.3) is 5.56 Å². The molecule has 0 spiro atoms. The summed E-state index contributed by atoms with van der Waals surface area (Å²) in [5, 5.41) is 4.34. The van der Waals surface area contributed by atoms with Crippen LogP contribution in [-0.2, 0) is 0 Å². The molecule has 2 rings (SSSR count). The van der Waals surface area contributed by atoms with Crippen molar-refractivity contribution in [1.82, 2.24) is 15.3 Å². The molecule has 2 aromatic rings. The first-order chi connectivity index (χ1) is 8.11. The summed E-state index contributed by atoms with van der Waals surface area (Å²) in [5.74, 6) is 0.631. The lowest BCUT2D eigenvalue weighted by molar-refractivity contribution is 0.567. The molecule has 0 amide bonds. The minimum absolute atomic E-state index is 0.0103. The Morgan fingerprint density at radius 2 is 2.29 bits per heavy atom. The zero-order chi connectivity index (χ0) is 12.4. The highest BCUT2D eigenvalue weighted by molar-refractivity contribution is 6.31. The molecule has 17 heavy (non-hydrogen) atoms. The summed E-state index contributed by atoms with van der Waals surface area (Å²) < 4.78 is 0. The predicted octanol–water partition coefficient (Wildman–Crippen LogP) is 2.25. The monoisotopic (exact) mass is 251 g/mol. The van der Waals surface area contributed by atoms with Crippen molar-refractivity contribution < 1.29 is 0 Å². The van der Waals surface area contributed by atoms with Gasteiger partial charge in [0.05, 0.1) is 16.9 Å². The third-order valence-corrected chi connectivity index (χ3v) is 2.84. The number of nitrogens with zero attached hydrogens (tertiary/aromatic N) is 1. The molecule has 1 unspecified atom stereocenters.